The molecule has 6 aromatic rings. The van der Waals surface area contributed by atoms with Crippen molar-refractivity contribution < 1.29 is 38.2 Å². The highest BCUT2D eigenvalue weighted by atomic mass is 35.8. The van der Waals surface area contributed by atoms with Crippen molar-refractivity contribution in [1.82, 2.24) is 15.0 Å². The molecule has 3 aromatic carbocycles. The third-order valence-electron chi connectivity index (χ3n) is 7.09. The van der Waals surface area contributed by atoms with E-state index in [-0.39, 0.29) is 35.8 Å². The first kappa shape index (κ1) is 41.8. The lowest BCUT2D eigenvalue weighted by atomic mass is 10.1. The van der Waals surface area contributed by atoms with Gasteiger partial charge in [0.25, 0.3) is 0 Å². The van der Waals surface area contributed by atoms with Gasteiger partial charge in [-0.05, 0) is 77.1 Å². The Balaban J connectivity index is 0.000000201. The second-order valence-corrected chi connectivity index (χ2v) is 17.1. The molecule has 0 fully saturated rings. The SMILES string of the molecule is CCOC(=O)c1[nH]c2ccccc2c1C(C)=O.CCOC(=O)c1cc2cc(C(C)=O)ccc2[nH]1.CCOC(=O)c1cc2ccccc2[nH]1.[Cl][Al]([Cl])[Cl]. The molecule has 0 amide bonds. The summed E-state index contributed by atoms with van der Waals surface area (Å²) in [4.78, 5) is 66.4. The number of Topliss-reactive ketones (excluding diaryl/α,β-unsaturated/α-hetero) is 2. The van der Waals surface area contributed by atoms with Crippen LogP contribution in [-0.4, -0.2) is 75.6 Å². The van der Waals surface area contributed by atoms with Gasteiger partial charge in [-0.3, -0.25) is 9.59 Å². The molecule has 0 atom stereocenters. The van der Waals surface area contributed by atoms with Crippen molar-refractivity contribution in [3.8, 4) is 0 Å². The van der Waals surface area contributed by atoms with E-state index in [1.807, 2.05) is 48.5 Å². The van der Waals surface area contributed by atoms with Gasteiger partial charge in [-0.15, -0.1) is 0 Å². The van der Waals surface area contributed by atoms with Crippen LogP contribution in [0.2, 0.25) is 0 Å². The number of H-pyrrole nitrogens is 3. The number of esters is 3. The zero-order valence-corrected chi connectivity index (χ0v) is 32.5. The van der Waals surface area contributed by atoms with Gasteiger partial charge in [0, 0.05) is 38.3 Å². The number of rotatable bonds is 8. The highest BCUT2D eigenvalue weighted by molar-refractivity contribution is 7.54. The second kappa shape index (κ2) is 20.5. The summed E-state index contributed by atoms with van der Waals surface area (Å²) in [7, 11) is 14.8. The third-order valence-corrected chi connectivity index (χ3v) is 7.09. The summed E-state index contributed by atoms with van der Waals surface area (Å²) in [6, 6.07) is 23.8. The number of ketones is 2. The average molecular weight is 785 g/mol. The van der Waals surface area contributed by atoms with E-state index in [1.165, 1.54) is 13.8 Å². The number of fused-ring (bicyclic) bond motifs is 3. The molecule has 0 bridgehead atoms. The number of halogens is 3. The van der Waals surface area contributed by atoms with E-state index in [0.717, 1.165) is 32.7 Å². The number of para-hydroxylation sites is 2. The van der Waals surface area contributed by atoms with Gasteiger partial charge in [0.2, 0.25) is 0 Å². The van der Waals surface area contributed by atoms with E-state index in [9.17, 15) is 24.0 Å². The Hall–Kier alpha value is -4.57. The standard InChI is InChI=1S/2C13H13NO3.C11H11NO2.Al.3ClH/c1-3-17-13(16)12-7-10-6-9(8(2)15)4-5-11(10)14-12;1-3-17-13(16)12-11(8(2)15)9-6-4-5-7-10(9)14-12;1-2-14-11(13)10-7-8-5-3-4-6-9(8)12-10;;;;/h2*4-7,14H,3H2,1-2H3;3-7,12H,2H2,1H3;;3*1H/q;;;+3;;;/p-3. The lowest BCUT2D eigenvalue weighted by Crippen LogP contribution is -2.09. The molecule has 0 radical (unpaired) electrons. The van der Waals surface area contributed by atoms with Crippen molar-refractivity contribution in [2.45, 2.75) is 34.6 Å². The minimum atomic E-state index is -1.72. The van der Waals surface area contributed by atoms with Crippen molar-refractivity contribution in [3.63, 3.8) is 0 Å². The Bertz CT molecular complexity index is 2140. The Morgan fingerprint density at radius 3 is 1.58 bits per heavy atom. The van der Waals surface area contributed by atoms with Gasteiger partial charge in [0.05, 0.1) is 25.4 Å². The number of hydrogen-bond acceptors (Lipinski definition) is 8. The van der Waals surface area contributed by atoms with Gasteiger partial charge < -0.3 is 29.2 Å². The largest absolute Gasteiger partial charge is 0.643 e. The van der Waals surface area contributed by atoms with E-state index in [1.54, 1.807) is 51.1 Å². The van der Waals surface area contributed by atoms with Gasteiger partial charge in [0.1, 0.15) is 17.1 Å². The first-order valence-corrected chi connectivity index (χ1v) is 21.3. The molecule has 3 heterocycles. The molecular formula is C37H37AlCl3N3O8. The van der Waals surface area contributed by atoms with Crippen LogP contribution in [-0.2, 0) is 14.2 Å². The summed E-state index contributed by atoms with van der Waals surface area (Å²) in [6.45, 7) is 9.26. The summed E-state index contributed by atoms with van der Waals surface area (Å²) in [5, 5.41) is 2.61. The molecule has 0 aliphatic rings. The summed E-state index contributed by atoms with van der Waals surface area (Å²) < 4.78 is 14.7. The molecule has 272 valence electrons. The molecule has 0 aliphatic carbocycles. The normalized spacial score (nSPS) is 10.2. The Kier molecular flexibility index (Phi) is 16.5. The summed E-state index contributed by atoms with van der Waals surface area (Å²) in [5.41, 5.74) is 4.72. The number of carbonyl (C=O) groups is 5. The zero-order chi connectivity index (χ0) is 38.4. The third kappa shape index (κ3) is 11.7. The van der Waals surface area contributed by atoms with Crippen molar-refractivity contribution >= 4 is 104 Å². The summed E-state index contributed by atoms with van der Waals surface area (Å²) in [5.74, 6) is -1.32. The van der Waals surface area contributed by atoms with Crippen LogP contribution < -0.4 is 0 Å². The predicted octanol–water partition coefficient (Wildman–Crippen LogP) is 9.13. The Labute approximate surface area is 316 Å². The first-order chi connectivity index (χ1) is 24.8. The Morgan fingerprint density at radius 1 is 0.577 bits per heavy atom. The molecule has 3 N–H and O–H groups in total. The van der Waals surface area contributed by atoms with Crippen LogP contribution in [0.3, 0.4) is 0 Å². The van der Waals surface area contributed by atoms with Crippen LogP contribution in [0.15, 0.2) is 78.9 Å². The van der Waals surface area contributed by atoms with Crippen molar-refractivity contribution in [2.24, 2.45) is 0 Å². The molecule has 0 saturated heterocycles. The number of nitrogens with one attached hydrogen (secondary N) is 3. The van der Waals surface area contributed by atoms with E-state index < -0.39 is 17.4 Å². The average Bonchev–Trinajstić information content (AvgIpc) is 3.84. The van der Waals surface area contributed by atoms with Gasteiger partial charge in [-0.1, -0.05) is 36.4 Å². The molecule has 6 rings (SSSR count). The van der Waals surface area contributed by atoms with Crippen LogP contribution in [0.1, 0.15) is 86.8 Å². The first-order valence-electron chi connectivity index (χ1n) is 16.1. The van der Waals surface area contributed by atoms with E-state index in [0.29, 0.717) is 35.7 Å². The molecular weight excluding hydrogens is 748 g/mol. The van der Waals surface area contributed by atoms with Gasteiger partial charge in [0.15, 0.2) is 11.6 Å². The van der Waals surface area contributed by atoms with Crippen molar-refractivity contribution in [2.75, 3.05) is 19.8 Å². The monoisotopic (exact) mass is 783 g/mol. The number of ether oxygens (including phenoxy) is 3. The summed E-state index contributed by atoms with van der Waals surface area (Å²) >= 11 is -1.72. The maximum absolute atomic E-state index is 11.7. The van der Waals surface area contributed by atoms with Gasteiger partial charge in [-0.2, -0.15) is 0 Å². The summed E-state index contributed by atoms with van der Waals surface area (Å²) in [6.07, 6.45) is 0. The second-order valence-electron chi connectivity index (χ2n) is 10.7. The number of aromatic amines is 3. The van der Waals surface area contributed by atoms with E-state index >= 15 is 0 Å². The molecule has 3 aromatic heterocycles. The molecule has 0 unspecified atom stereocenters. The Morgan fingerprint density at radius 2 is 1.06 bits per heavy atom. The molecule has 0 aliphatic heterocycles. The smallest absolute Gasteiger partial charge is 0.461 e. The highest BCUT2D eigenvalue weighted by Crippen LogP contribution is 2.23. The number of carbonyl (C=O) groups excluding carboxylic acids is 5. The molecule has 52 heavy (non-hydrogen) atoms. The van der Waals surface area contributed by atoms with Crippen LogP contribution in [0.25, 0.3) is 32.7 Å². The quantitative estimate of drug-likeness (QED) is 0.0596. The number of benzene rings is 3. The van der Waals surface area contributed by atoms with Crippen LogP contribution in [0.5, 0.6) is 0 Å². The highest BCUT2D eigenvalue weighted by Gasteiger charge is 2.21. The fraction of sp³-hybridized carbons (Fsp3) is 0.216. The predicted molar refractivity (Wildman–Crippen MR) is 206 cm³/mol. The van der Waals surface area contributed by atoms with Crippen molar-refractivity contribution in [3.05, 3.63) is 107 Å². The van der Waals surface area contributed by atoms with E-state index in [2.05, 4.69) is 15.0 Å². The minimum Gasteiger partial charge on any atom is -0.461 e. The lowest BCUT2D eigenvalue weighted by molar-refractivity contribution is 0.0510. The number of aromatic nitrogens is 3. The topological polar surface area (TPSA) is 160 Å². The minimum absolute atomic E-state index is 0.00536. The van der Waals surface area contributed by atoms with Crippen LogP contribution >= 0.6 is 30.1 Å². The number of hydrogen-bond donors (Lipinski definition) is 3. The molecule has 15 heteroatoms. The lowest BCUT2D eigenvalue weighted by Gasteiger charge is -2.01. The van der Waals surface area contributed by atoms with Crippen LogP contribution in [0, 0.1) is 0 Å². The molecule has 0 saturated carbocycles. The van der Waals surface area contributed by atoms with E-state index in [4.69, 9.17) is 44.4 Å². The molecule has 0 spiro atoms. The van der Waals surface area contributed by atoms with Gasteiger partial charge in [-0.25, -0.2) is 44.5 Å². The maximum Gasteiger partial charge on any atom is 0.643 e. The van der Waals surface area contributed by atoms with Crippen LogP contribution in [0.4, 0.5) is 0 Å². The fourth-order valence-electron chi connectivity index (χ4n) is 4.93. The molecule has 11 nitrogen and oxygen atoms in total. The fourth-order valence-corrected chi connectivity index (χ4v) is 4.93. The van der Waals surface area contributed by atoms with Gasteiger partial charge >= 0.3 is 29.3 Å². The van der Waals surface area contributed by atoms with Crippen molar-refractivity contribution in [1.29, 1.82) is 0 Å². The zero-order valence-electron chi connectivity index (χ0n) is 29.1. The maximum atomic E-state index is 11.7.